The second-order valence-corrected chi connectivity index (χ2v) is 2.91. The van der Waals surface area contributed by atoms with Gasteiger partial charge < -0.3 is 15.9 Å². The maximum absolute atomic E-state index is 12.7. The number of carbonyl (C=O) groups is 1. The molecule has 1 rings (SSSR count). The molecule has 0 saturated heterocycles. The first-order valence-corrected chi connectivity index (χ1v) is 3.96. The van der Waals surface area contributed by atoms with Gasteiger partial charge in [0.05, 0.1) is 6.42 Å². The van der Waals surface area contributed by atoms with Gasteiger partial charge in [-0.25, -0.2) is 4.39 Å². The van der Waals surface area contributed by atoms with Crippen LogP contribution in [0.3, 0.4) is 0 Å². The lowest BCUT2D eigenvalue weighted by atomic mass is 10.0. The Hall–Kier alpha value is -1.62. The molecule has 0 aliphatic rings. The number of phenols is 1. The van der Waals surface area contributed by atoms with Crippen molar-refractivity contribution in [2.75, 3.05) is 0 Å². The number of phenolic OH excluding ortho intramolecular Hbond substituents is 1. The smallest absolute Gasteiger partial charge is 0.305 e. The van der Waals surface area contributed by atoms with Crippen LogP contribution in [0.4, 0.5) is 4.39 Å². The van der Waals surface area contributed by atoms with E-state index in [1.165, 1.54) is 0 Å². The maximum atomic E-state index is 12.7. The van der Waals surface area contributed by atoms with Gasteiger partial charge in [-0.2, -0.15) is 0 Å². The summed E-state index contributed by atoms with van der Waals surface area (Å²) in [4.78, 5) is 10.3. The molecule has 0 heterocycles. The molecule has 1 aromatic rings. The Bertz CT molecular complexity index is 354. The minimum atomic E-state index is -1.10. The lowest BCUT2D eigenvalue weighted by Gasteiger charge is -2.10. The van der Waals surface area contributed by atoms with Crippen LogP contribution in [0, 0.1) is 5.82 Å². The van der Waals surface area contributed by atoms with Crippen LogP contribution in [0.1, 0.15) is 18.0 Å². The lowest BCUT2D eigenvalue weighted by Crippen LogP contribution is -2.15. The topological polar surface area (TPSA) is 83.6 Å². The first kappa shape index (κ1) is 10.5. The number of carboxylic acids is 1. The van der Waals surface area contributed by atoms with Crippen molar-refractivity contribution in [2.24, 2.45) is 5.73 Å². The standard InChI is InChI=1S/C9H10FNO3/c10-5-1-2-8(12)6(3-5)7(11)4-9(13)14/h1-3,7,12H,4,11H2,(H,13,14). The molecular formula is C9H10FNO3. The third-order valence-corrected chi connectivity index (χ3v) is 1.78. The largest absolute Gasteiger partial charge is 0.508 e. The predicted octanol–water partition coefficient (Wildman–Crippen LogP) is 1.01. The fourth-order valence-electron chi connectivity index (χ4n) is 1.12. The summed E-state index contributed by atoms with van der Waals surface area (Å²) in [5.74, 6) is -1.85. The van der Waals surface area contributed by atoms with E-state index >= 15 is 0 Å². The van der Waals surface area contributed by atoms with Gasteiger partial charge in [0.2, 0.25) is 0 Å². The monoisotopic (exact) mass is 199 g/mol. The summed E-state index contributed by atoms with van der Waals surface area (Å²) < 4.78 is 12.7. The van der Waals surface area contributed by atoms with Crippen LogP contribution in [0.2, 0.25) is 0 Å². The van der Waals surface area contributed by atoms with Crippen LogP contribution in [-0.2, 0) is 4.79 Å². The van der Waals surface area contributed by atoms with E-state index in [1.54, 1.807) is 0 Å². The summed E-state index contributed by atoms with van der Waals surface area (Å²) in [6.45, 7) is 0. The number of rotatable bonds is 3. The van der Waals surface area contributed by atoms with Gasteiger partial charge in [0.1, 0.15) is 11.6 Å². The zero-order chi connectivity index (χ0) is 10.7. The number of benzene rings is 1. The second kappa shape index (κ2) is 4.06. The predicted molar refractivity (Wildman–Crippen MR) is 47.2 cm³/mol. The Morgan fingerprint density at radius 1 is 1.57 bits per heavy atom. The van der Waals surface area contributed by atoms with Gasteiger partial charge in [-0.3, -0.25) is 4.79 Å². The van der Waals surface area contributed by atoms with Gasteiger partial charge in [-0.05, 0) is 18.2 Å². The number of halogens is 1. The van der Waals surface area contributed by atoms with Gasteiger partial charge in [-0.1, -0.05) is 0 Å². The normalized spacial score (nSPS) is 12.4. The molecule has 76 valence electrons. The highest BCUT2D eigenvalue weighted by Crippen LogP contribution is 2.25. The van der Waals surface area contributed by atoms with Crippen LogP contribution in [0.15, 0.2) is 18.2 Å². The van der Waals surface area contributed by atoms with Crippen LogP contribution >= 0.6 is 0 Å². The summed E-state index contributed by atoms with van der Waals surface area (Å²) in [6, 6.07) is 2.35. The Morgan fingerprint density at radius 2 is 2.21 bits per heavy atom. The van der Waals surface area contributed by atoms with Gasteiger partial charge in [0.15, 0.2) is 0 Å². The molecule has 0 spiro atoms. The molecule has 0 fully saturated rings. The van der Waals surface area contributed by atoms with Crippen LogP contribution < -0.4 is 5.73 Å². The molecule has 0 saturated carbocycles. The van der Waals surface area contributed by atoms with E-state index in [1.807, 2.05) is 0 Å². The van der Waals surface area contributed by atoms with E-state index in [4.69, 9.17) is 10.8 Å². The maximum Gasteiger partial charge on any atom is 0.305 e. The SMILES string of the molecule is NC(CC(=O)O)c1cc(F)ccc1O. The van der Waals surface area contributed by atoms with Crippen LogP contribution in [0.25, 0.3) is 0 Å². The molecule has 0 aliphatic heterocycles. The number of aliphatic carboxylic acids is 1. The van der Waals surface area contributed by atoms with Crippen LogP contribution in [0.5, 0.6) is 5.75 Å². The number of nitrogens with two attached hydrogens (primary N) is 1. The lowest BCUT2D eigenvalue weighted by molar-refractivity contribution is -0.137. The summed E-state index contributed by atoms with van der Waals surface area (Å²) >= 11 is 0. The average molecular weight is 199 g/mol. The minimum absolute atomic E-state index is 0.104. The second-order valence-electron chi connectivity index (χ2n) is 2.91. The Labute approximate surface area is 79.8 Å². The first-order chi connectivity index (χ1) is 6.50. The fraction of sp³-hybridized carbons (Fsp3) is 0.222. The number of hydrogen-bond donors (Lipinski definition) is 3. The molecule has 0 aliphatic carbocycles. The highest BCUT2D eigenvalue weighted by atomic mass is 19.1. The van der Waals surface area contributed by atoms with Gasteiger partial charge in [-0.15, -0.1) is 0 Å². The quantitative estimate of drug-likeness (QED) is 0.678. The van der Waals surface area contributed by atoms with E-state index in [9.17, 15) is 14.3 Å². The van der Waals surface area contributed by atoms with E-state index in [0.29, 0.717) is 0 Å². The minimum Gasteiger partial charge on any atom is -0.508 e. The third kappa shape index (κ3) is 2.43. The number of carboxylic acid groups (broad SMARTS) is 1. The molecule has 1 aromatic carbocycles. The summed E-state index contributed by atoms with van der Waals surface area (Å²) in [5, 5.41) is 17.7. The molecular weight excluding hydrogens is 189 g/mol. The van der Waals surface area contributed by atoms with E-state index in [-0.39, 0.29) is 17.7 Å². The molecule has 0 bridgehead atoms. The van der Waals surface area contributed by atoms with E-state index < -0.39 is 17.8 Å². The number of hydrogen-bond acceptors (Lipinski definition) is 3. The van der Waals surface area contributed by atoms with Crippen molar-refractivity contribution in [3.63, 3.8) is 0 Å². The molecule has 4 N–H and O–H groups in total. The van der Waals surface area contributed by atoms with Crippen molar-refractivity contribution in [3.8, 4) is 5.75 Å². The molecule has 0 aromatic heterocycles. The molecule has 0 amide bonds. The highest BCUT2D eigenvalue weighted by Gasteiger charge is 2.14. The van der Waals surface area contributed by atoms with Gasteiger partial charge in [0, 0.05) is 11.6 Å². The molecule has 1 atom stereocenters. The Balaban J connectivity index is 2.93. The van der Waals surface area contributed by atoms with Crippen molar-refractivity contribution >= 4 is 5.97 Å². The van der Waals surface area contributed by atoms with E-state index in [2.05, 4.69) is 0 Å². The zero-order valence-electron chi connectivity index (χ0n) is 7.27. The first-order valence-electron chi connectivity index (χ1n) is 3.96. The summed E-state index contributed by atoms with van der Waals surface area (Å²) in [6.07, 6.45) is -0.350. The van der Waals surface area contributed by atoms with Crippen LogP contribution in [-0.4, -0.2) is 16.2 Å². The van der Waals surface area contributed by atoms with Crippen molar-refractivity contribution in [1.29, 1.82) is 0 Å². The molecule has 14 heavy (non-hydrogen) atoms. The zero-order valence-corrected chi connectivity index (χ0v) is 7.27. The molecule has 0 radical (unpaired) electrons. The van der Waals surface area contributed by atoms with Crippen molar-refractivity contribution in [2.45, 2.75) is 12.5 Å². The summed E-state index contributed by atoms with van der Waals surface area (Å²) in [5.41, 5.74) is 5.56. The molecule has 4 nitrogen and oxygen atoms in total. The Morgan fingerprint density at radius 3 is 2.79 bits per heavy atom. The van der Waals surface area contributed by atoms with Crippen molar-refractivity contribution in [1.82, 2.24) is 0 Å². The summed E-state index contributed by atoms with van der Waals surface area (Å²) in [7, 11) is 0. The van der Waals surface area contributed by atoms with Crippen molar-refractivity contribution in [3.05, 3.63) is 29.6 Å². The highest BCUT2D eigenvalue weighted by molar-refractivity contribution is 5.68. The van der Waals surface area contributed by atoms with Gasteiger partial charge >= 0.3 is 5.97 Å². The third-order valence-electron chi connectivity index (χ3n) is 1.78. The fourth-order valence-corrected chi connectivity index (χ4v) is 1.12. The number of aromatic hydroxyl groups is 1. The average Bonchev–Trinajstić information content (AvgIpc) is 2.08. The van der Waals surface area contributed by atoms with E-state index in [0.717, 1.165) is 18.2 Å². The van der Waals surface area contributed by atoms with Gasteiger partial charge in [0.25, 0.3) is 0 Å². The Kier molecular flexibility index (Phi) is 3.03. The van der Waals surface area contributed by atoms with Crippen molar-refractivity contribution < 1.29 is 19.4 Å². The molecule has 1 unspecified atom stereocenters. The molecule has 5 heteroatoms.